The number of aryl methyl sites for hydroxylation is 1. The lowest BCUT2D eigenvalue weighted by molar-refractivity contribution is 0.0587. The number of nitrogens with one attached hydrogen (secondary N) is 1. The third-order valence-electron chi connectivity index (χ3n) is 3.14. The summed E-state index contributed by atoms with van der Waals surface area (Å²) in [6, 6.07) is 8.37. The van der Waals surface area contributed by atoms with Crippen LogP contribution < -0.4 is 5.32 Å². The normalized spacial score (nSPS) is 25.7. The van der Waals surface area contributed by atoms with E-state index in [4.69, 9.17) is 0 Å². The molecule has 15 heavy (non-hydrogen) atoms. The largest absolute Gasteiger partial charge is 0.384 e. The summed E-state index contributed by atoms with van der Waals surface area (Å²) in [7, 11) is 0. The van der Waals surface area contributed by atoms with Gasteiger partial charge in [-0.1, -0.05) is 37.6 Å². The van der Waals surface area contributed by atoms with Crippen LogP contribution in [0, 0.1) is 0 Å². The molecule has 2 nitrogen and oxygen atoms in total. The van der Waals surface area contributed by atoms with Crippen molar-refractivity contribution in [2.24, 2.45) is 0 Å². The van der Waals surface area contributed by atoms with Crippen molar-refractivity contribution in [3.8, 4) is 0 Å². The fourth-order valence-corrected chi connectivity index (χ4v) is 2.23. The van der Waals surface area contributed by atoms with E-state index in [0.29, 0.717) is 6.54 Å². The zero-order valence-electron chi connectivity index (χ0n) is 9.29. The third-order valence-corrected chi connectivity index (χ3v) is 3.14. The monoisotopic (exact) mass is 205 g/mol. The lowest BCUT2D eigenvalue weighted by Crippen LogP contribution is -2.28. The van der Waals surface area contributed by atoms with Crippen LogP contribution in [0.15, 0.2) is 24.3 Å². The maximum absolute atomic E-state index is 10.4. The van der Waals surface area contributed by atoms with Crippen LogP contribution >= 0.6 is 0 Å². The summed E-state index contributed by atoms with van der Waals surface area (Å²) in [5.74, 6) is 0. The highest BCUT2D eigenvalue weighted by Crippen LogP contribution is 2.28. The lowest BCUT2D eigenvalue weighted by Gasteiger charge is -2.22. The Morgan fingerprint density at radius 1 is 1.47 bits per heavy atom. The molecule has 0 aliphatic carbocycles. The Morgan fingerprint density at radius 3 is 3.00 bits per heavy atom. The quantitative estimate of drug-likeness (QED) is 0.789. The lowest BCUT2D eigenvalue weighted by atomic mass is 9.91. The number of hydrogen-bond acceptors (Lipinski definition) is 2. The Balaban J connectivity index is 2.23. The van der Waals surface area contributed by atoms with E-state index in [2.05, 4.69) is 30.4 Å². The standard InChI is InChI=1S/C13H19NO/c1-2-4-11-5-3-6-12(9-11)13(15)7-8-14-10-13/h3,5-6,9,14-15H,2,4,7-8,10H2,1H3. The van der Waals surface area contributed by atoms with Crippen LogP contribution in [0.2, 0.25) is 0 Å². The molecule has 1 aromatic rings. The summed E-state index contributed by atoms with van der Waals surface area (Å²) in [5, 5.41) is 13.6. The predicted octanol–water partition coefficient (Wildman–Crippen LogP) is 1.82. The molecule has 2 rings (SSSR count). The van der Waals surface area contributed by atoms with Crippen LogP contribution in [0.1, 0.15) is 30.9 Å². The van der Waals surface area contributed by atoms with Crippen molar-refractivity contribution in [2.75, 3.05) is 13.1 Å². The van der Waals surface area contributed by atoms with Crippen molar-refractivity contribution >= 4 is 0 Å². The Kier molecular flexibility index (Phi) is 3.08. The first-order valence-corrected chi connectivity index (χ1v) is 5.77. The number of hydrogen-bond donors (Lipinski definition) is 2. The predicted molar refractivity (Wildman–Crippen MR) is 61.8 cm³/mol. The van der Waals surface area contributed by atoms with Crippen LogP contribution in [0.4, 0.5) is 0 Å². The van der Waals surface area contributed by atoms with Gasteiger partial charge in [-0.2, -0.15) is 0 Å². The Hall–Kier alpha value is -0.860. The minimum Gasteiger partial charge on any atom is -0.384 e. The van der Waals surface area contributed by atoms with Crippen molar-refractivity contribution in [1.29, 1.82) is 0 Å². The van der Waals surface area contributed by atoms with Gasteiger partial charge in [-0.25, -0.2) is 0 Å². The van der Waals surface area contributed by atoms with Gasteiger partial charge in [0, 0.05) is 6.54 Å². The molecule has 2 heteroatoms. The molecular weight excluding hydrogens is 186 g/mol. The highest BCUT2D eigenvalue weighted by Gasteiger charge is 2.32. The first-order chi connectivity index (χ1) is 7.24. The summed E-state index contributed by atoms with van der Waals surface area (Å²) >= 11 is 0. The Morgan fingerprint density at radius 2 is 2.33 bits per heavy atom. The topological polar surface area (TPSA) is 32.3 Å². The van der Waals surface area contributed by atoms with Gasteiger partial charge in [-0.3, -0.25) is 0 Å². The molecule has 0 bridgehead atoms. The molecule has 0 aromatic heterocycles. The van der Waals surface area contributed by atoms with E-state index in [1.54, 1.807) is 0 Å². The van der Waals surface area contributed by atoms with Crippen molar-refractivity contribution < 1.29 is 5.11 Å². The van der Waals surface area contributed by atoms with Crippen LogP contribution in [0.5, 0.6) is 0 Å². The number of rotatable bonds is 3. The SMILES string of the molecule is CCCc1cccc(C2(O)CCNC2)c1. The summed E-state index contributed by atoms with van der Waals surface area (Å²) in [6.45, 7) is 3.77. The van der Waals surface area contributed by atoms with Crippen molar-refractivity contribution in [1.82, 2.24) is 5.32 Å². The van der Waals surface area contributed by atoms with Gasteiger partial charge in [0.15, 0.2) is 0 Å². The van der Waals surface area contributed by atoms with E-state index in [1.165, 1.54) is 5.56 Å². The molecule has 1 unspecified atom stereocenters. The molecule has 1 saturated heterocycles. The third kappa shape index (κ3) is 2.21. The van der Waals surface area contributed by atoms with Crippen LogP contribution in [-0.4, -0.2) is 18.2 Å². The average Bonchev–Trinajstić information content (AvgIpc) is 2.68. The molecule has 82 valence electrons. The van der Waals surface area contributed by atoms with Gasteiger partial charge in [0.25, 0.3) is 0 Å². The molecule has 1 fully saturated rings. The van der Waals surface area contributed by atoms with Crippen LogP contribution in [0.3, 0.4) is 0 Å². The molecule has 1 aliphatic rings. The van der Waals surface area contributed by atoms with E-state index in [-0.39, 0.29) is 0 Å². The molecule has 1 aliphatic heterocycles. The highest BCUT2D eigenvalue weighted by molar-refractivity contribution is 5.29. The van der Waals surface area contributed by atoms with Crippen molar-refractivity contribution in [3.63, 3.8) is 0 Å². The number of benzene rings is 1. The van der Waals surface area contributed by atoms with E-state index in [0.717, 1.165) is 31.4 Å². The van der Waals surface area contributed by atoms with Crippen LogP contribution in [0.25, 0.3) is 0 Å². The molecule has 0 radical (unpaired) electrons. The maximum atomic E-state index is 10.4. The number of aliphatic hydroxyl groups is 1. The van der Waals surface area contributed by atoms with E-state index < -0.39 is 5.60 Å². The molecule has 2 N–H and O–H groups in total. The fraction of sp³-hybridized carbons (Fsp3) is 0.538. The van der Waals surface area contributed by atoms with Gasteiger partial charge >= 0.3 is 0 Å². The first kappa shape index (κ1) is 10.7. The van der Waals surface area contributed by atoms with Crippen LogP contribution in [-0.2, 0) is 12.0 Å². The second kappa shape index (κ2) is 4.33. The second-order valence-corrected chi connectivity index (χ2v) is 4.41. The van der Waals surface area contributed by atoms with Gasteiger partial charge in [-0.05, 0) is 30.5 Å². The first-order valence-electron chi connectivity index (χ1n) is 5.77. The summed E-state index contributed by atoms with van der Waals surface area (Å²) < 4.78 is 0. The van der Waals surface area contributed by atoms with Gasteiger partial charge in [0.2, 0.25) is 0 Å². The molecule has 1 heterocycles. The zero-order valence-corrected chi connectivity index (χ0v) is 9.29. The highest BCUT2D eigenvalue weighted by atomic mass is 16.3. The second-order valence-electron chi connectivity index (χ2n) is 4.41. The molecule has 1 aromatic carbocycles. The Bertz CT molecular complexity index is 329. The Labute approximate surface area is 91.3 Å². The van der Waals surface area contributed by atoms with E-state index in [9.17, 15) is 5.11 Å². The van der Waals surface area contributed by atoms with Gasteiger partial charge in [0.1, 0.15) is 5.60 Å². The van der Waals surface area contributed by atoms with Gasteiger partial charge in [0.05, 0.1) is 0 Å². The van der Waals surface area contributed by atoms with E-state index in [1.807, 2.05) is 6.07 Å². The smallest absolute Gasteiger partial charge is 0.103 e. The minimum atomic E-state index is -0.635. The average molecular weight is 205 g/mol. The number of β-amino-alcohol motifs (C(OH)–C–C–N with tert-alkyl or cyclic N) is 1. The maximum Gasteiger partial charge on any atom is 0.103 e. The summed E-state index contributed by atoms with van der Waals surface area (Å²) in [5.41, 5.74) is 1.76. The van der Waals surface area contributed by atoms with E-state index >= 15 is 0 Å². The van der Waals surface area contributed by atoms with Crippen molar-refractivity contribution in [3.05, 3.63) is 35.4 Å². The fourth-order valence-electron chi connectivity index (χ4n) is 2.23. The molecular formula is C13H19NO. The van der Waals surface area contributed by atoms with Gasteiger partial charge < -0.3 is 10.4 Å². The summed E-state index contributed by atoms with van der Waals surface area (Å²) in [4.78, 5) is 0. The van der Waals surface area contributed by atoms with Gasteiger partial charge in [-0.15, -0.1) is 0 Å². The molecule has 0 saturated carbocycles. The van der Waals surface area contributed by atoms with Crippen molar-refractivity contribution in [2.45, 2.75) is 31.8 Å². The molecule has 0 amide bonds. The minimum absolute atomic E-state index is 0.635. The zero-order chi connectivity index (χ0) is 10.7. The summed E-state index contributed by atoms with van der Waals surface area (Å²) in [6.07, 6.45) is 3.07. The molecule has 0 spiro atoms. The molecule has 1 atom stereocenters.